The van der Waals surface area contributed by atoms with Gasteiger partial charge in [-0.1, -0.05) is 30.4 Å². The molecule has 2 aliphatic carbocycles. The summed E-state index contributed by atoms with van der Waals surface area (Å²) < 4.78 is 0. The van der Waals surface area contributed by atoms with Crippen molar-refractivity contribution in [1.29, 1.82) is 0 Å². The summed E-state index contributed by atoms with van der Waals surface area (Å²) in [5, 5.41) is 0. The molecule has 1 amide bonds. The van der Waals surface area contributed by atoms with Crippen molar-refractivity contribution in [3.05, 3.63) is 36.0 Å². The van der Waals surface area contributed by atoms with Crippen molar-refractivity contribution < 1.29 is 4.79 Å². The van der Waals surface area contributed by atoms with Crippen LogP contribution in [0.1, 0.15) is 32.1 Å². The highest BCUT2D eigenvalue weighted by Gasteiger charge is 2.35. The number of fused-ring (bicyclic) bond motifs is 1. The van der Waals surface area contributed by atoms with Crippen molar-refractivity contribution >= 4 is 5.91 Å². The van der Waals surface area contributed by atoms with Crippen LogP contribution in [0.3, 0.4) is 0 Å². The molecule has 2 atom stereocenters. The minimum absolute atomic E-state index is 0.261. The van der Waals surface area contributed by atoms with Crippen LogP contribution in [0.15, 0.2) is 36.0 Å². The van der Waals surface area contributed by atoms with E-state index in [9.17, 15) is 4.79 Å². The second-order valence-electron chi connectivity index (χ2n) is 5.58. The number of likely N-dealkylation sites (tertiary alicyclic amines) is 1. The minimum atomic E-state index is 0.261. The Balaban J connectivity index is 1.67. The summed E-state index contributed by atoms with van der Waals surface area (Å²) in [7, 11) is 0. The van der Waals surface area contributed by atoms with E-state index < -0.39 is 0 Å². The van der Waals surface area contributed by atoms with E-state index >= 15 is 0 Å². The molecule has 0 radical (unpaired) electrons. The molecule has 3 rings (SSSR count). The van der Waals surface area contributed by atoms with Crippen LogP contribution in [0.2, 0.25) is 0 Å². The van der Waals surface area contributed by atoms with E-state index in [-0.39, 0.29) is 5.92 Å². The Kier molecular flexibility index (Phi) is 3.35. The van der Waals surface area contributed by atoms with Gasteiger partial charge in [0.25, 0.3) is 0 Å². The van der Waals surface area contributed by atoms with Gasteiger partial charge in [0.15, 0.2) is 0 Å². The SMILES string of the molecule is O=C1C2CCC=C[C@H]2CCN1CC1=CCCC=C1. The Morgan fingerprint density at radius 2 is 2.11 bits per heavy atom. The predicted molar refractivity (Wildman–Crippen MR) is 73.0 cm³/mol. The molecule has 0 aromatic carbocycles. The predicted octanol–water partition coefficient (Wildman–Crippen LogP) is 3.08. The van der Waals surface area contributed by atoms with Gasteiger partial charge in [-0.05, 0) is 43.6 Å². The molecule has 0 bridgehead atoms. The molecule has 0 N–H and O–H groups in total. The topological polar surface area (TPSA) is 20.3 Å². The zero-order valence-corrected chi connectivity index (χ0v) is 10.8. The van der Waals surface area contributed by atoms with Crippen LogP contribution in [0, 0.1) is 11.8 Å². The summed E-state index contributed by atoms with van der Waals surface area (Å²) in [4.78, 5) is 14.5. The molecule has 0 aromatic rings. The van der Waals surface area contributed by atoms with E-state index in [2.05, 4.69) is 35.3 Å². The molecular weight excluding hydrogens is 222 g/mol. The number of hydrogen-bond donors (Lipinski definition) is 0. The summed E-state index contributed by atoms with van der Waals surface area (Å²) in [6, 6.07) is 0. The maximum absolute atomic E-state index is 12.5. The number of rotatable bonds is 2. The van der Waals surface area contributed by atoms with E-state index in [1.807, 2.05) is 0 Å². The molecule has 2 nitrogen and oxygen atoms in total. The lowest BCUT2D eigenvalue weighted by atomic mass is 9.78. The molecule has 2 heteroatoms. The number of hydrogen-bond acceptors (Lipinski definition) is 1. The molecule has 1 heterocycles. The highest BCUT2D eigenvalue weighted by molar-refractivity contribution is 5.80. The molecule has 18 heavy (non-hydrogen) atoms. The molecular formula is C16H21NO. The van der Waals surface area contributed by atoms with Gasteiger partial charge in [0, 0.05) is 19.0 Å². The maximum Gasteiger partial charge on any atom is 0.226 e. The van der Waals surface area contributed by atoms with Crippen LogP contribution in [-0.2, 0) is 4.79 Å². The number of piperidine rings is 1. The van der Waals surface area contributed by atoms with E-state index in [0.717, 1.165) is 45.2 Å². The number of nitrogens with zero attached hydrogens (tertiary/aromatic N) is 1. The summed E-state index contributed by atoms with van der Waals surface area (Å²) >= 11 is 0. The van der Waals surface area contributed by atoms with Gasteiger partial charge in [-0.3, -0.25) is 4.79 Å². The zero-order chi connectivity index (χ0) is 12.4. The normalized spacial score (nSPS) is 31.2. The third-order valence-corrected chi connectivity index (χ3v) is 4.35. The van der Waals surface area contributed by atoms with Crippen LogP contribution in [0.4, 0.5) is 0 Å². The van der Waals surface area contributed by atoms with Gasteiger partial charge < -0.3 is 4.90 Å². The fraction of sp³-hybridized carbons (Fsp3) is 0.562. The zero-order valence-electron chi connectivity index (χ0n) is 10.8. The molecule has 0 saturated carbocycles. The first-order valence-corrected chi connectivity index (χ1v) is 7.15. The Morgan fingerprint density at radius 1 is 1.17 bits per heavy atom. The quantitative estimate of drug-likeness (QED) is 0.683. The average molecular weight is 243 g/mol. The van der Waals surface area contributed by atoms with E-state index in [4.69, 9.17) is 0 Å². The highest BCUT2D eigenvalue weighted by Crippen LogP contribution is 2.33. The van der Waals surface area contributed by atoms with Gasteiger partial charge >= 0.3 is 0 Å². The van der Waals surface area contributed by atoms with E-state index in [1.165, 1.54) is 5.57 Å². The van der Waals surface area contributed by atoms with Gasteiger partial charge in [-0.2, -0.15) is 0 Å². The van der Waals surface area contributed by atoms with E-state index in [0.29, 0.717) is 11.8 Å². The Morgan fingerprint density at radius 3 is 2.94 bits per heavy atom. The molecule has 1 unspecified atom stereocenters. The van der Waals surface area contributed by atoms with Crippen molar-refractivity contribution in [3.8, 4) is 0 Å². The van der Waals surface area contributed by atoms with Gasteiger partial charge in [-0.25, -0.2) is 0 Å². The molecule has 1 aliphatic heterocycles. The van der Waals surface area contributed by atoms with Crippen molar-refractivity contribution in [3.63, 3.8) is 0 Å². The fourth-order valence-corrected chi connectivity index (χ4v) is 3.31. The van der Waals surface area contributed by atoms with Gasteiger partial charge in [-0.15, -0.1) is 0 Å². The van der Waals surface area contributed by atoms with Crippen LogP contribution >= 0.6 is 0 Å². The first-order chi connectivity index (χ1) is 8.84. The first-order valence-electron chi connectivity index (χ1n) is 7.15. The third kappa shape index (κ3) is 2.29. The van der Waals surface area contributed by atoms with Gasteiger partial charge in [0.1, 0.15) is 0 Å². The van der Waals surface area contributed by atoms with Crippen LogP contribution in [0.25, 0.3) is 0 Å². The van der Waals surface area contributed by atoms with Crippen LogP contribution in [0.5, 0.6) is 0 Å². The second-order valence-corrected chi connectivity index (χ2v) is 5.58. The van der Waals surface area contributed by atoms with Crippen molar-refractivity contribution in [2.24, 2.45) is 11.8 Å². The van der Waals surface area contributed by atoms with Crippen molar-refractivity contribution in [1.82, 2.24) is 4.90 Å². The van der Waals surface area contributed by atoms with Gasteiger partial charge in [0.05, 0.1) is 0 Å². The standard InChI is InChI=1S/C16H21NO/c18-16-15-9-5-4-8-14(15)10-11-17(16)12-13-6-2-1-3-7-13/h2,4,6-8,14-15H,1,3,5,9-12H2/t14-,15?/m0/s1. The Bertz CT molecular complexity index is 419. The lowest BCUT2D eigenvalue weighted by Crippen LogP contribution is -2.46. The van der Waals surface area contributed by atoms with Gasteiger partial charge in [0.2, 0.25) is 5.91 Å². The largest absolute Gasteiger partial charge is 0.338 e. The fourth-order valence-electron chi connectivity index (χ4n) is 3.31. The Hall–Kier alpha value is -1.31. The number of carbonyl (C=O) groups excluding carboxylic acids is 1. The smallest absolute Gasteiger partial charge is 0.226 e. The molecule has 0 aromatic heterocycles. The second kappa shape index (κ2) is 5.13. The van der Waals surface area contributed by atoms with Crippen molar-refractivity contribution in [2.45, 2.75) is 32.1 Å². The summed E-state index contributed by atoms with van der Waals surface area (Å²) in [5.41, 5.74) is 1.32. The summed E-state index contributed by atoms with van der Waals surface area (Å²) in [5.74, 6) is 1.16. The van der Waals surface area contributed by atoms with Crippen LogP contribution in [-0.4, -0.2) is 23.9 Å². The summed E-state index contributed by atoms with van der Waals surface area (Å²) in [6.45, 7) is 1.75. The number of amides is 1. The number of allylic oxidation sites excluding steroid dienone is 4. The molecule has 3 aliphatic rings. The van der Waals surface area contributed by atoms with Crippen LogP contribution < -0.4 is 0 Å². The number of carbonyl (C=O) groups is 1. The van der Waals surface area contributed by atoms with E-state index in [1.54, 1.807) is 0 Å². The maximum atomic E-state index is 12.5. The average Bonchev–Trinajstić information content (AvgIpc) is 2.43. The third-order valence-electron chi connectivity index (χ3n) is 4.35. The van der Waals surface area contributed by atoms with Crippen molar-refractivity contribution in [2.75, 3.05) is 13.1 Å². The molecule has 1 fully saturated rings. The summed E-state index contributed by atoms with van der Waals surface area (Å²) in [6.07, 6.45) is 16.7. The molecule has 0 spiro atoms. The Labute approximate surface area is 109 Å². The monoisotopic (exact) mass is 243 g/mol. The minimum Gasteiger partial charge on any atom is -0.338 e. The highest BCUT2D eigenvalue weighted by atomic mass is 16.2. The lowest BCUT2D eigenvalue weighted by molar-refractivity contribution is -0.140. The lowest BCUT2D eigenvalue weighted by Gasteiger charge is -2.38. The first kappa shape index (κ1) is 11.8. The molecule has 96 valence electrons. The molecule has 1 saturated heterocycles.